The van der Waals surface area contributed by atoms with Gasteiger partial charge >= 0.3 is 0 Å². The van der Waals surface area contributed by atoms with Crippen molar-refractivity contribution in [3.8, 4) is 6.07 Å². The van der Waals surface area contributed by atoms with E-state index in [0.29, 0.717) is 6.04 Å². The first-order valence-electron chi connectivity index (χ1n) is 6.80. The van der Waals surface area contributed by atoms with Crippen molar-refractivity contribution in [2.75, 3.05) is 11.4 Å². The number of hydrogen-bond acceptors (Lipinski definition) is 2. The van der Waals surface area contributed by atoms with Gasteiger partial charge in [0, 0.05) is 16.7 Å². The molecule has 2 nitrogen and oxygen atoms in total. The van der Waals surface area contributed by atoms with E-state index in [2.05, 4.69) is 57.2 Å². The lowest BCUT2D eigenvalue weighted by Gasteiger charge is -2.27. The zero-order valence-corrected chi connectivity index (χ0v) is 12.7. The third-order valence-corrected chi connectivity index (χ3v) is 4.29. The second kappa shape index (κ2) is 5.68. The van der Waals surface area contributed by atoms with Crippen molar-refractivity contribution >= 4 is 21.6 Å². The van der Waals surface area contributed by atoms with E-state index in [-0.39, 0.29) is 0 Å². The lowest BCUT2D eigenvalue weighted by Crippen LogP contribution is -2.22. The summed E-state index contributed by atoms with van der Waals surface area (Å²) in [5.41, 5.74) is 3.20. The quantitative estimate of drug-likeness (QED) is 0.802. The van der Waals surface area contributed by atoms with Gasteiger partial charge in [-0.1, -0.05) is 34.1 Å². The Hall–Kier alpha value is -1.79. The molecular weight excluding hydrogens is 312 g/mol. The van der Waals surface area contributed by atoms with Crippen LogP contribution in [0.4, 0.5) is 5.69 Å². The highest BCUT2D eigenvalue weighted by atomic mass is 79.9. The molecule has 2 aromatic carbocycles. The normalized spacial score (nSPS) is 18.0. The molecule has 3 heteroatoms. The molecule has 0 aromatic heterocycles. The maximum absolute atomic E-state index is 9.05. The van der Waals surface area contributed by atoms with Crippen LogP contribution in [0.25, 0.3) is 0 Å². The van der Waals surface area contributed by atoms with Crippen molar-refractivity contribution < 1.29 is 0 Å². The van der Waals surface area contributed by atoms with Crippen LogP contribution in [0.3, 0.4) is 0 Å². The molecule has 3 rings (SSSR count). The number of hydrogen-bond donors (Lipinski definition) is 0. The van der Waals surface area contributed by atoms with Crippen LogP contribution < -0.4 is 4.90 Å². The second-order valence-electron chi connectivity index (χ2n) is 5.07. The van der Waals surface area contributed by atoms with E-state index in [1.165, 1.54) is 12.0 Å². The average Bonchev–Trinajstić information content (AvgIpc) is 2.97. The van der Waals surface area contributed by atoms with Crippen LogP contribution in [0.2, 0.25) is 0 Å². The zero-order chi connectivity index (χ0) is 13.9. The van der Waals surface area contributed by atoms with Gasteiger partial charge < -0.3 is 4.90 Å². The Balaban J connectivity index is 1.94. The summed E-state index contributed by atoms with van der Waals surface area (Å²) in [4.78, 5) is 2.41. The van der Waals surface area contributed by atoms with Crippen LogP contribution in [0, 0.1) is 11.3 Å². The summed E-state index contributed by atoms with van der Waals surface area (Å²) in [6.07, 6.45) is 2.35. The monoisotopic (exact) mass is 326 g/mol. The predicted octanol–water partition coefficient (Wildman–Crippen LogP) is 4.66. The first-order valence-corrected chi connectivity index (χ1v) is 7.59. The Morgan fingerprint density at radius 1 is 1.15 bits per heavy atom. The first kappa shape index (κ1) is 13.2. The van der Waals surface area contributed by atoms with E-state index in [1.54, 1.807) is 0 Å². The van der Waals surface area contributed by atoms with E-state index in [1.807, 2.05) is 18.2 Å². The number of halogens is 1. The van der Waals surface area contributed by atoms with E-state index in [9.17, 15) is 0 Å². The molecule has 0 spiro atoms. The summed E-state index contributed by atoms with van der Waals surface area (Å²) < 4.78 is 1.12. The van der Waals surface area contributed by atoms with E-state index in [4.69, 9.17) is 5.26 Å². The van der Waals surface area contributed by atoms with Crippen molar-refractivity contribution in [1.82, 2.24) is 0 Å². The molecule has 0 aliphatic carbocycles. The molecule has 1 unspecified atom stereocenters. The summed E-state index contributed by atoms with van der Waals surface area (Å²) >= 11 is 3.55. The first-order chi connectivity index (χ1) is 9.78. The minimum atomic E-state index is 0.404. The molecule has 100 valence electrons. The summed E-state index contributed by atoms with van der Waals surface area (Å²) in [7, 11) is 0. The number of rotatable bonds is 2. The molecule has 1 aliphatic heterocycles. The third kappa shape index (κ3) is 2.57. The van der Waals surface area contributed by atoms with Gasteiger partial charge in [-0.3, -0.25) is 0 Å². The van der Waals surface area contributed by atoms with Crippen LogP contribution in [0.15, 0.2) is 53.0 Å². The molecule has 2 aromatic rings. The molecule has 0 radical (unpaired) electrons. The number of benzene rings is 2. The van der Waals surface area contributed by atoms with E-state index in [0.717, 1.165) is 28.7 Å². The van der Waals surface area contributed by atoms with Crippen LogP contribution in [0.1, 0.15) is 30.0 Å². The molecule has 20 heavy (non-hydrogen) atoms. The maximum atomic E-state index is 9.05. The topological polar surface area (TPSA) is 27.0 Å². The van der Waals surface area contributed by atoms with Gasteiger partial charge in [0.1, 0.15) is 0 Å². The van der Waals surface area contributed by atoms with Gasteiger partial charge in [-0.15, -0.1) is 0 Å². The Morgan fingerprint density at radius 2 is 2.00 bits per heavy atom. The van der Waals surface area contributed by atoms with Gasteiger partial charge in [-0.05, 0) is 48.7 Å². The van der Waals surface area contributed by atoms with Crippen molar-refractivity contribution in [3.63, 3.8) is 0 Å². The fourth-order valence-electron chi connectivity index (χ4n) is 2.89. The Labute approximate surface area is 127 Å². The van der Waals surface area contributed by atoms with Gasteiger partial charge in [-0.25, -0.2) is 0 Å². The van der Waals surface area contributed by atoms with Crippen molar-refractivity contribution in [3.05, 3.63) is 64.1 Å². The van der Waals surface area contributed by atoms with Gasteiger partial charge in [0.25, 0.3) is 0 Å². The molecule has 1 fully saturated rings. The molecule has 1 heterocycles. The molecule has 0 saturated carbocycles. The minimum absolute atomic E-state index is 0.404. The lowest BCUT2D eigenvalue weighted by atomic mass is 10.0. The largest absolute Gasteiger partial charge is 0.364 e. The molecule has 1 saturated heterocycles. The minimum Gasteiger partial charge on any atom is -0.364 e. The fraction of sp³-hybridized carbons (Fsp3) is 0.235. The van der Waals surface area contributed by atoms with Crippen molar-refractivity contribution in [2.24, 2.45) is 0 Å². The van der Waals surface area contributed by atoms with E-state index >= 15 is 0 Å². The van der Waals surface area contributed by atoms with Gasteiger partial charge in [0.05, 0.1) is 17.7 Å². The highest BCUT2D eigenvalue weighted by Gasteiger charge is 2.26. The molecular formula is C17H15BrN2. The summed E-state index contributed by atoms with van der Waals surface area (Å²) in [5, 5.41) is 9.05. The average molecular weight is 327 g/mol. The molecule has 0 N–H and O–H groups in total. The van der Waals surface area contributed by atoms with Gasteiger partial charge in [0.2, 0.25) is 0 Å². The van der Waals surface area contributed by atoms with E-state index < -0.39 is 0 Å². The fourth-order valence-corrected chi connectivity index (χ4v) is 3.31. The molecule has 0 amide bonds. The number of anilines is 1. The van der Waals surface area contributed by atoms with Gasteiger partial charge in [-0.2, -0.15) is 5.26 Å². The SMILES string of the molecule is N#Cc1cccc(N2CCCC2c2cccc(Br)c2)c1. The Kier molecular flexibility index (Phi) is 3.75. The number of nitriles is 1. The molecule has 1 atom stereocenters. The zero-order valence-electron chi connectivity index (χ0n) is 11.1. The molecule has 0 bridgehead atoms. The van der Waals surface area contributed by atoms with Crippen LogP contribution in [0.5, 0.6) is 0 Å². The number of nitrogens with zero attached hydrogens (tertiary/aromatic N) is 2. The van der Waals surface area contributed by atoms with Crippen LogP contribution in [-0.2, 0) is 0 Å². The maximum Gasteiger partial charge on any atom is 0.0992 e. The van der Waals surface area contributed by atoms with Crippen LogP contribution in [-0.4, -0.2) is 6.54 Å². The predicted molar refractivity (Wildman–Crippen MR) is 84.6 cm³/mol. The highest BCUT2D eigenvalue weighted by Crippen LogP contribution is 2.36. The third-order valence-electron chi connectivity index (χ3n) is 3.79. The lowest BCUT2D eigenvalue weighted by molar-refractivity contribution is 0.719. The van der Waals surface area contributed by atoms with Crippen molar-refractivity contribution in [1.29, 1.82) is 5.26 Å². The summed E-state index contributed by atoms with van der Waals surface area (Å²) in [5.74, 6) is 0. The standard InChI is InChI=1S/C17H15BrN2/c18-15-6-2-5-14(11-15)17-8-3-9-20(17)16-7-1-4-13(10-16)12-19/h1-2,4-7,10-11,17H,3,8-9H2. The second-order valence-corrected chi connectivity index (χ2v) is 5.98. The van der Waals surface area contributed by atoms with Gasteiger partial charge in [0.15, 0.2) is 0 Å². The Bertz CT molecular complexity index is 660. The summed E-state index contributed by atoms with van der Waals surface area (Å²) in [6.45, 7) is 1.05. The molecule has 1 aliphatic rings. The highest BCUT2D eigenvalue weighted by molar-refractivity contribution is 9.10. The summed E-state index contributed by atoms with van der Waals surface area (Å²) in [6, 6.07) is 19.0. The van der Waals surface area contributed by atoms with Crippen molar-refractivity contribution in [2.45, 2.75) is 18.9 Å². The smallest absolute Gasteiger partial charge is 0.0992 e. The Morgan fingerprint density at radius 3 is 2.80 bits per heavy atom. The van der Waals surface area contributed by atoms with Crippen LogP contribution >= 0.6 is 15.9 Å².